The van der Waals surface area contributed by atoms with E-state index in [1.807, 2.05) is 13.8 Å². The van der Waals surface area contributed by atoms with Gasteiger partial charge >= 0.3 is 6.18 Å². The average Bonchev–Trinajstić information content (AvgIpc) is 3.17. The summed E-state index contributed by atoms with van der Waals surface area (Å²) in [6, 6.07) is 4.46. The first kappa shape index (κ1) is 25.9. The van der Waals surface area contributed by atoms with Crippen molar-refractivity contribution in [1.29, 1.82) is 0 Å². The number of hydrogen-bond acceptors (Lipinski definition) is 6. The van der Waals surface area contributed by atoms with Crippen molar-refractivity contribution in [3.8, 4) is 5.69 Å². The number of ketones is 1. The number of alkyl halides is 3. The largest absolute Gasteiger partial charge is 0.435 e. The van der Waals surface area contributed by atoms with Crippen LogP contribution in [0.15, 0.2) is 18.2 Å². The van der Waals surface area contributed by atoms with Crippen molar-refractivity contribution in [2.75, 3.05) is 11.9 Å². The van der Waals surface area contributed by atoms with Crippen molar-refractivity contribution in [2.24, 2.45) is 11.1 Å². The van der Waals surface area contributed by atoms with E-state index in [9.17, 15) is 27.6 Å². The van der Waals surface area contributed by atoms with Crippen molar-refractivity contribution in [1.82, 2.24) is 9.78 Å². The molecule has 36 heavy (non-hydrogen) atoms. The molecule has 3 N–H and O–H groups in total. The third-order valence-electron chi connectivity index (χ3n) is 6.76. The first-order valence-electron chi connectivity index (χ1n) is 11.9. The number of carbonyl (C=O) groups excluding carboxylic acids is 3. The van der Waals surface area contributed by atoms with Crippen LogP contribution in [0.4, 0.5) is 18.9 Å². The van der Waals surface area contributed by atoms with Crippen LogP contribution < -0.4 is 11.1 Å². The molecule has 8 nitrogen and oxygen atoms in total. The number of Topliss-reactive ketones (excluding diaryl/α,β-unsaturated/α-hetero) is 1. The lowest BCUT2D eigenvalue weighted by molar-refractivity contribution is -0.141. The molecule has 1 heterocycles. The molecule has 1 fully saturated rings. The molecule has 1 saturated carbocycles. The molecule has 0 saturated heterocycles. The van der Waals surface area contributed by atoms with Gasteiger partial charge < -0.3 is 20.6 Å². The van der Waals surface area contributed by atoms with Gasteiger partial charge in [-0.15, -0.1) is 0 Å². The summed E-state index contributed by atoms with van der Waals surface area (Å²) in [5.41, 5.74) is 4.54. The van der Waals surface area contributed by atoms with Crippen molar-refractivity contribution < 1.29 is 32.3 Å². The summed E-state index contributed by atoms with van der Waals surface area (Å²) in [6.45, 7) is 3.71. The number of aldehydes is 1. The smallest absolute Gasteiger partial charge is 0.382 e. The number of anilines is 1. The summed E-state index contributed by atoms with van der Waals surface area (Å²) < 4.78 is 48.1. The SMILES string of the molecule is CC1(C)CC(=O)c2c(C(F)(F)F)nn(-c3ccc(C(N)=O)c(N[C@H]4CC[C@H](OCC=O)CC4)c3)c2C1. The number of nitrogens with one attached hydrogen (secondary N) is 1. The van der Waals surface area contributed by atoms with E-state index in [1.165, 1.54) is 12.1 Å². The molecule has 2 aliphatic carbocycles. The molecule has 1 aromatic heterocycles. The summed E-state index contributed by atoms with van der Waals surface area (Å²) in [4.78, 5) is 35.3. The van der Waals surface area contributed by atoms with Gasteiger partial charge in [-0.05, 0) is 55.7 Å². The standard InChI is InChI=1S/C25H29F3N4O4/c1-24(2)12-19-21(20(34)13-24)22(25(26,27)28)31-32(19)15-5-8-17(23(29)35)18(11-15)30-14-3-6-16(7-4-14)36-10-9-33/h5,8-9,11,14,16,30H,3-4,6-7,10,12-13H2,1-2H3,(H2,29,35)/t14-,16-. The summed E-state index contributed by atoms with van der Waals surface area (Å²) in [5, 5.41) is 7.14. The van der Waals surface area contributed by atoms with Crippen LogP contribution in [0.2, 0.25) is 0 Å². The van der Waals surface area contributed by atoms with Crippen molar-refractivity contribution in [3.63, 3.8) is 0 Å². The second-order valence-corrected chi connectivity index (χ2v) is 10.2. The second kappa shape index (κ2) is 9.68. The Labute approximate surface area is 206 Å². The predicted molar refractivity (Wildman–Crippen MR) is 125 cm³/mol. The van der Waals surface area contributed by atoms with Crippen molar-refractivity contribution >= 4 is 23.7 Å². The minimum Gasteiger partial charge on any atom is -0.382 e. The molecule has 4 rings (SSSR count). The van der Waals surface area contributed by atoms with E-state index in [2.05, 4.69) is 10.4 Å². The van der Waals surface area contributed by atoms with Crippen LogP contribution >= 0.6 is 0 Å². The average molecular weight is 507 g/mol. The number of rotatable bonds is 7. The normalized spacial score (nSPS) is 21.6. The molecular weight excluding hydrogens is 477 g/mol. The predicted octanol–water partition coefficient (Wildman–Crippen LogP) is 4.08. The van der Waals surface area contributed by atoms with E-state index >= 15 is 0 Å². The van der Waals surface area contributed by atoms with Gasteiger partial charge in [0.15, 0.2) is 11.5 Å². The van der Waals surface area contributed by atoms with Crippen LogP contribution in [0.25, 0.3) is 5.69 Å². The molecule has 0 unspecified atom stereocenters. The van der Waals surface area contributed by atoms with E-state index in [0.29, 0.717) is 30.5 Å². The van der Waals surface area contributed by atoms with E-state index in [4.69, 9.17) is 10.5 Å². The van der Waals surface area contributed by atoms with Crippen LogP contribution in [-0.2, 0) is 22.1 Å². The zero-order valence-electron chi connectivity index (χ0n) is 20.2. The van der Waals surface area contributed by atoms with Gasteiger partial charge in [0.1, 0.15) is 12.9 Å². The highest BCUT2D eigenvalue weighted by Crippen LogP contribution is 2.42. The second-order valence-electron chi connectivity index (χ2n) is 10.2. The van der Waals surface area contributed by atoms with Gasteiger partial charge in [-0.1, -0.05) is 13.8 Å². The molecule has 194 valence electrons. The molecule has 1 amide bonds. The molecule has 0 spiro atoms. The Bertz CT molecular complexity index is 1180. The van der Waals surface area contributed by atoms with Gasteiger partial charge in [-0.3, -0.25) is 9.59 Å². The zero-order valence-corrected chi connectivity index (χ0v) is 20.2. The number of nitrogens with two attached hydrogens (primary N) is 1. The molecular formula is C25H29F3N4O4. The maximum atomic E-state index is 13.8. The highest BCUT2D eigenvalue weighted by molar-refractivity contribution is 6.00. The van der Waals surface area contributed by atoms with Crippen LogP contribution in [-0.4, -0.2) is 46.5 Å². The minimum absolute atomic E-state index is 0.00142. The van der Waals surface area contributed by atoms with Crippen molar-refractivity contribution in [2.45, 2.75) is 70.7 Å². The number of primary amides is 1. The first-order valence-corrected chi connectivity index (χ1v) is 11.9. The fourth-order valence-corrected chi connectivity index (χ4v) is 5.13. The highest BCUT2D eigenvalue weighted by Gasteiger charge is 2.45. The van der Waals surface area contributed by atoms with Gasteiger partial charge in [-0.2, -0.15) is 18.3 Å². The van der Waals surface area contributed by atoms with E-state index in [0.717, 1.165) is 17.5 Å². The number of benzene rings is 1. The highest BCUT2D eigenvalue weighted by atomic mass is 19.4. The topological polar surface area (TPSA) is 116 Å². The Morgan fingerprint density at radius 2 is 1.94 bits per heavy atom. The molecule has 1 aromatic carbocycles. The zero-order chi connectivity index (χ0) is 26.3. The molecule has 0 bridgehead atoms. The maximum absolute atomic E-state index is 13.8. The third-order valence-corrected chi connectivity index (χ3v) is 6.76. The molecule has 0 radical (unpaired) electrons. The van der Waals surface area contributed by atoms with Crippen LogP contribution in [0, 0.1) is 5.41 Å². The number of carbonyl (C=O) groups is 3. The van der Waals surface area contributed by atoms with E-state index in [-0.39, 0.29) is 48.4 Å². The van der Waals surface area contributed by atoms with Crippen LogP contribution in [0.3, 0.4) is 0 Å². The molecule has 0 aliphatic heterocycles. The number of hydrogen-bond donors (Lipinski definition) is 2. The lowest BCUT2D eigenvalue weighted by Crippen LogP contribution is -2.31. The van der Waals surface area contributed by atoms with E-state index < -0.39 is 29.0 Å². The number of ether oxygens (including phenoxy) is 1. The lowest BCUT2D eigenvalue weighted by Gasteiger charge is -2.30. The number of aromatic nitrogens is 2. The number of halogens is 3. The quantitative estimate of drug-likeness (QED) is 0.547. The Hall–Kier alpha value is -3.21. The van der Waals surface area contributed by atoms with Crippen LogP contribution in [0.5, 0.6) is 0 Å². The third kappa shape index (κ3) is 5.30. The molecule has 2 aromatic rings. The van der Waals surface area contributed by atoms with Gasteiger partial charge in [0.2, 0.25) is 0 Å². The fourth-order valence-electron chi connectivity index (χ4n) is 5.13. The Morgan fingerprint density at radius 1 is 1.25 bits per heavy atom. The monoisotopic (exact) mass is 506 g/mol. The number of fused-ring (bicyclic) bond motifs is 1. The summed E-state index contributed by atoms with van der Waals surface area (Å²) in [5.74, 6) is -1.26. The van der Waals surface area contributed by atoms with Gasteiger partial charge in [0.05, 0.1) is 28.6 Å². The Morgan fingerprint density at radius 3 is 2.56 bits per heavy atom. The van der Waals surface area contributed by atoms with Gasteiger partial charge in [0.25, 0.3) is 5.91 Å². The van der Waals surface area contributed by atoms with Gasteiger partial charge in [0, 0.05) is 18.2 Å². The Balaban J connectivity index is 1.70. The number of amides is 1. The summed E-state index contributed by atoms with van der Waals surface area (Å²) >= 11 is 0. The lowest BCUT2D eigenvalue weighted by atomic mass is 9.75. The minimum atomic E-state index is -4.79. The first-order chi connectivity index (χ1) is 16.9. The molecule has 0 atom stereocenters. The molecule has 11 heteroatoms. The Kier molecular flexibility index (Phi) is 6.96. The maximum Gasteiger partial charge on any atom is 0.435 e. The van der Waals surface area contributed by atoms with E-state index in [1.54, 1.807) is 6.07 Å². The van der Waals surface area contributed by atoms with Gasteiger partial charge in [-0.25, -0.2) is 4.68 Å². The number of nitrogens with zero attached hydrogens (tertiary/aromatic N) is 2. The fraction of sp³-hybridized carbons (Fsp3) is 0.520. The van der Waals surface area contributed by atoms with Crippen molar-refractivity contribution in [3.05, 3.63) is 40.7 Å². The summed E-state index contributed by atoms with van der Waals surface area (Å²) in [7, 11) is 0. The summed E-state index contributed by atoms with van der Waals surface area (Å²) in [6.07, 6.45) is -0.996. The molecule has 2 aliphatic rings. The van der Waals surface area contributed by atoms with Crippen LogP contribution in [0.1, 0.15) is 78.1 Å².